The van der Waals surface area contributed by atoms with E-state index >= 15 is 0 Å². The smallest absolute Gasteiger partial charge is 0.140 e. The van der Waals surface area contributed by atoms with Crippen LogP contribution in [-0.2, 0) is 6.54 Å². The van der Waals surface area contributed by atoms with Crippen LogP contribution in [0.15, 0.2) is 41.0 Å². The number of nitrogens with one attached hydrogen (secondary N) is 1. The lowest BCUT2D eigenvalue weighted by Gasteiger charge is -2.08. The van der Waals surface area contributed by atoms with Gasteiger partial charge in [-0.3, -0.25) is 0 Å². The molecule has 0 unspecified atom stereocenters. The van der Waals surface area contributed by atoms with Crippen molar-refractivity contribution in [3.63, 3.8) is 0 Å². The number of rotatable bonds is 3. The zero-order valence-electron chi connectivity index (χ0n) is 9.57. The Hall–Kier alpha value is -1.55. The summed E-state index contributed by atoms with van der Waals surface area (Å²) < 4.78 is 0.974. The minimum absolute atomic E-state index is 0.708. The Labute approximate surface area is 109 Å². The average Bonchev–Trinajstić information content (AvgIpc) is 2.28. The highest BCUT2D eigenvalue weighted by Crippen LogP contribution is 2.21. The summed E-state index contributed by atoms with van der Waals surface area (Å²) in [6, 6.07) is 9.85. The van der Waals surface area contributed by atoms with Gasteiger partial charge in [-0.2, -0.15) is 0 Å². The summed E-state index contributed by atoms with van der Waals surface area (Å²) in [6.07, 6.45) is 1.84. The van der Waals surface area contributed by atoms with Crippen LogP contribution in [-0.4, -0.2) is 4.98 Å². The number of aryl methyl sites for hydroxylation is 1. The van der Waals surface area contributed by atoms with Crippen molar-refractivity contribution in [2.45, 2.75) is 13.5 Å². The average molecular weight is 292 g/mol. The molecule has 0 spiro atoms. The molecule has 1 aromatic carbocycles. The van der Waals surface area contributed by atoms with Crippen molar-refractivity contribution in [3.05, 3.63) is 52.1 Å². The maximum atomic E-state index is 5.72. The monoisotopic (exact) mass is 291 g/mol. The third-order valence-electron chi connectivity index (χ3n) is 2.39. The molecule has 17 heavy (non-hydrogen) atoms. The van der Waals surface area contributed by atoms with Gasteiger partial charge in [0.15, 0.2) is 0 Å². The van der Waals surface area contributed by atoms with Crippen molar-refractivity contribution >= 4 is 27.4 Å². The Bertz CT molecular complexity index is 526. The molecule has 3 N–H and O–H groups in total. The minimum Gasteiger partial charge on any atom is -0.399 e. The molecule has 0 bridgehead atoms. The van der Waals surface area contributed by atoms with Gasteiger partial charge in [-0.15, -0.1) is 0 Å². The van der Waals surface area contributed by atoms with E-state index in [2.05, 4.69) is 26.2 Å². The van der Waals surface area contributed by atoms with Crippen LogP contribution in [0.2, 0.25) is 0 Å². The molecule has 88 valence electrons. The number of aromatic nitrogens is 1. The first-order valence-corrected chi connectivity index (χ1v) is 6.15. The standard InChI is InChI=1S/C13H14BrN3/c1-9-5-12(14)13(16-7-9)17-8-10-3-2-4-11(15)6-10/h2-7H,8,15H2,1H3,(H,16,17). The summed E-state index contributed by atoms with van der Waals surface area (Å²) in [5.41, 5.74) is 8.77. The number of halogens is 1. The van der Waals surface area contributed by atoms with Crippen LogP contribution >= 0.6 is 15.9 Å². The molecule has 0 fully saturated rings. The molecular weight excluding hydrogens is 278 g/mol. The molecule has 1 aromatic heterocycles. The quantitative estimate of drug-likeness (QED) is 0.853. The SMILES string of the molecule is Cc1cnc(NCc2cccc(N)c2)c(Br)c1. The Morgan fingerprint density at radius 2 is 2.18 bits per heavy atom. The molecule has 2 rings (SSSR count). The number of hydrogen-bond donors (Lipinski definition) is 2. The molecule has 0 amide bonds. The second-order valence-electron chi connectivity index (χ2n) is 3.94. The van der Waals surface area contributed by atoms with Crippen LogP contribution in [0.1, 0.15) is 11.1 Å². The lowest BCUT2D eigenvalue weighted by molar-refractivity contribution is 1.10. The molecule has 4 heteroatoms. The highest BCUT2D eigenvalue weighted by molar-refractivity contribution is 9.10. The number of anilines is 2. The summed E-state index contributed by atoms with van der Waals surface area (Å²) in [4.78, 5) is 4.33. The van der Waals surface area contributed by atoms with Crippen LogP contribution < -0.4 is 11.1 Å². The molecule has 0 saturated carbocycles. The van der Waals surface area contributed by atoms with Crippen molar-refractivity contribution < 1.29 is 0 Å². The van der Waals surface area contributed by atoms with Gasteiger partial charge in [0.1, 0.15) is 5.82 Å². The van der Waals surface area contributed by atoms with Crippen molar-refractivity contribution in [1.29, 1.82) is 0 Å². The normalized spacial score (nSPS) is 10.2. The topological polar surface area (TPSA) is 50.9 Å². The van der Waals surface area contributed by atoms with Crippen LogP contribution in [0.25, 0.3) is 0 Å². The minimum atomic E-state index is 0.708. The zero-order chi connectivity index (χ0) is 12.3. The molecule has 0 aliphatic rings. The van der Waals surface area contributed by atoms with E-state index in [4.69, 9.17) is 5.73 Å². The first-order valence-electron chi connectivity index (χ1n) is 5.35. The van der Waals surface area contributed by atoms with Gasteiger partial charge >= 0.3 is 0 Å². The van der Waals surface area contributed by atoms with E-state index in [9.17, 15) is 0 Å². The molecule has 0 atom stereocenters. The predicted octanol–water partition coefficient (Wildman–Crippen LogP) is 3.35. The molecule has 0 aliphatic carbocycles. The lowest BCUT2D eigenvalue weighted by Crippen LogP contribution is -2.02. The summed E-state index contributed by atoms with van der Waals surface area (Å²) in [7, 11) is 0. The van der Waals surface area contributed by atoms with E-state index in [1.165, 1.54) is 0 Å². The fraction of sp³-hybridized carbons (Fsp3) is 0.154. The number of hydrogen-bond acceptors (Lipinski definition) is 3. The van der Waals surface area contributed by atoms with E-state index < -0.39 is 0 Å². The Morgan fingerprint density at radius 3 is 2.88 bits per heavy atom. The van der Waals surface area contributed by atoms with Crippen molar-refractivity contribution in [1.82, 2.24) is 4.98 Å². The third-order valence-corrected chi connectivity index (χ3v) is 2.99. The highest BCUT2D eigenvalue weighted by atomic mass is 79.9. The van der Waals surface area contributed by atoms with Gasteiger partial charge in [0, 0.05) is 18.4 Å². The second kappa shape index (κ2) is 5.19. The molecule has 1 heterocycles. The first-order chi connectivity index (χ1) is 8.15. The highest BCUT2D eigenvalue weighted by Gasteiger charge is 2.01. The van der Waals surface area contributed by atoms with E-state index in [1.807, 2.05) is 43.5 Å². The molecule has 0 saturated heterocycles. The zero-order valence-corrected chi connectivity index (χ0v) is 11.2. The van der Waals surface area contributed by atoms with Crippen LogP contribution in [0.5, 0.6) is 0 Å². The fourth-order valence-electron chi connectivity index (χ4n) is 1.55. The predicted molar refractivity (Wildman–Crippen MR) is 74.9 cm³/mol. The molecular formula is C13H14BrN3. The van der Waals surface area contributed by atoms with E-state index in [0.717, 1.165) is 27.1 Å². The Kier molecular flexibility index (Phi) is 3.64. The largest absolute Gasteiger partial charge is 0.399 e. The van der Waals surface area contributed by atoms with Gasteiger partial charge in [-0.05, 0) is 52.2 Å². The van der Waals surface area contributed by atoms with Crippen molar-refractivity contribution in [2.75, 3.05) is 11.1 Å². The lowest BCUT2D eigenvalue weighted by atomic mass is 10.2. The maximum Gasteiger partial charge on any atom is 0.140 e. The van der Waals surface area contributed by atoms with Crippen molar-refractivity contribution in [3.8, 4) is 0 Å². The number of nitrogens with zero attached hydrogens (tertiary/aromatic N) is 1. The van der Waals surface area contributed by atoms with Crippen molar-refractivity contribution in [2.24, 2.45) is 0 Å². The van der Waals surface area contributed by atoms with Gasteiger partial charge < -0.3 is 11.1 Å². The van der Waals surface area contributed by atoms with Gasteiger partial charge in [0.05, 0.1) is 4.47 Å². The van der Waals surface area contributed by atoms with E-state index in [1.54, 1.807) is 0 Å². The number of nitrogens with two attached hydrogens (primary N) is 1. The second-order valence-corrected chi connectivity index (χ2v) is 4.80. The first kappa shape index (κ1) is 11.9. The summed E-state index contributed by atoms with van der Waals surface area (Å²) in [6.45, 7) is 2.72. The summed E-state index contributed by atoms with van der Waals surface area (Å²) in [5.74, 6) is 0.845. The maximum absolute atomic E-state index is 5.72. The number of pyridine rings is 1. The van der Waals surface area contributed by atoms with Crippen LogP contribution in [0.3, 0.4) is 0 Å². The molecule has 0 radical (unpaired) electrons. The molecule has 2 aromatic rings. The van der Waals surface area contributed by atoms with Gasteiger partial charge in [-0.1, -0.05) is 12.1 Å². The van der Waals surface area contributed by atoms with Gasteiger partial charge in [-0.25, -0.2) is 4.98 Å². The molecule has 3 nitrogen and oxygen atoms in total. The summed E-state index contributed by atoms with van der Waals surface area (Å²) >= 11 is 3.49. The van der Waals surface area contributed by atoms with E-state index in [0.29, 0.717) is 6.54 Å². The van der Waals surface area contributed by atoms with Crippen LogP contribution in [0.4, 0.5) is 11.5 Å². The molecule has 0 aliphatic heterocycles. The Balaban J connectivity index is 2.07. The third kappa shape index (κ3) is 3.20. The van der Waals surface area contributed by atoms with E-state index in [-0.39, 0.29) is 0 Å². The summed E-state index contributed by atoms with van der Waals surface area (Å²) in [5, 5.41) is 3.27. The fourth-order valence-corrected chi connectivity index (χ4v) is 2.16. The Morgan fingerprint density at radius 1 is 1.35 bits per heavy atom. The number of benzene rings is 1. The number of nitrogen functional groups attached to an aromatic ring is 1. The van der Waals surface area contributed by atoms with Gasteiger partial charge in [0.25, 0.3) is 0 Å². The van der Waals surface area contributed by atoms with Gasteiger partial charge in [0.2, 0.25) is 0 Å². The van der Waals surface area contributed by atoms with Crippen LogP contribution in [0, 0.1) is 6.92 Å².